The first-order chi connectivity index (χ1) is 13.2. The Hall–Kier alpha value is -2.86. The molecule has 0 aromatic heterocycles. The lowest BCUT2D eigenvalue weighted by Gasteiger charge is -2.22. The second-order valence-corrected chi connectivity index (χ2v) is 6.67. The third-order valence-corrected chi connectivity index (χ3v) is 4.85. The Labute approximate surface area is 159 Å². The van der Waals surface area contributed by atoms with Crippen molar-refractivity contribution in [1.82, 2.24) is 9.91 Å². The van der Waals surface area contributed by atoms with Crippen LogP contribution in [0.4, 0.5) is 0 Å². The first-order valence-corrected chi connectivity index (χ1v) is 9.27. The van der Waals surface area contributed by atoms with E-state index in [1.165, 1.54) is 0 Å². The van der Waals surface area contributed by atoms with Gasteiger partial charge in [0.1, 0.15) is 0 Å². The van der Waals surface area contributed by atoms with Crippen LogP contribution in [0.2, 0.25) is 0 Å². The molecule has 2 heterocycles. The van der Waals surface area contributed by atoms with Crippen LogP contribution in [0.15, 0.2) is 53.6 Å². The summed E-state index contributed by atoms with van der Waals surface area (Å²) in [6, 6.07) is 16.0. The second kappa shape index (κ2) is 7.80. The Kier molecular flexibility index (Phi) is 5.07. The smallest absolute Gasteiger partial charge is 0.256 e. The van der Waals surface area contributed by atoms with Gasteiger partial charge in [0.15, 0.2) is 11.5 Å². The molecule has 2 aromatic carbocycles. The highest BCUT2D eigenvalue weighted by molar-refractivity contribution is 6.02. The van der Waals surface area contributed by atoms with Crippen LogP contribution in [-0.4, -0.2) is 48.0 Å². The van der Waals surface area contributed by atoms with Gasteiger partial charge < -0.3 is 9.47 Å². The van der Waals surface area contributed by atoms with Crippen molar-refractivity contribution in [3.8, 4) is 11.5 Å². The number of carbonyl (C=O) groups excluding carboxylic acids is 1. The molecule has 4 rings (SSSR count). The van der Waals surface area contributed by atoms with Crippen LogP contribution in [0, 0.1) is 0 Å². The monoisotopic (exact) mass is 365 g/mol. The third-order valence-electron chi connectivity index (χ3n) is 4.85. The SMILES string of the molecule is CCN(CC(=O)N1CCC(c2ccccc2)=N1)Cc1ccc2c(c1)OCO2. The summed E-state index contributed by atoms with van der Waals surface area (Å²) >= 11 is 0. The fourth-order valence-corrected chi connectivity index (χ4v) is 3.32. The number of ether oxygens (including phenoxy) is 2. The summed E-state index contributed by atoms with van der Waals surface area (Å²) in [5.41, 5.74) is 3.16. The zero-order chi connectivity index (χ0) is 18.6. The van der Waals surface area contributed by atoms with Crippen molar-refractivity contribution in [3.05, 3.63) is 59.7 Å². The van der Waals surface area contributed by atoms with Gasteiger partial charge in [0.05, 0.1) is 18.8 Å². The first-order valence-electron chi connectivity index (χ1n) is 9.27. The number of rotatable bonds is 6. The van der Waals surface area contributed by atoms with Gasteiger partial charge in [-0.05, 0) is 29.8 Å². The highest BCUT2D eigenvalue weighted by Crippen LogP contribution is 2.32. The Balaban J connectivity index is 1.38. The minimum atomic E-state index is 0.0310. The topological polar surface area (TPSA) is 54.4 Å². The van der Waals surface area contributed by atoms with Crippen LogP contribution in [-0.2, 0) is 11.3 Å². The molecule has 0 N–H and O–H groups in total. The summed E-state index contributed by atoms with van der Waals surface area (Å²) in [4.78, 5) is 14.8. The number of likely N-dealkylation sites (N-methyl/N-ethyl adjacent to an activating group) is 1. The molecule has 2 aliphatic heterocycles. The van der Waals surface area contributed by atoms with Crippen LogP contribution in [0.1, 0.15) is 24.5 Å². The lowest BCUT2D eigenvalue weighted by molar-refractivity contribution is -0.132. The minimum absolute atomic E-state index is 0.0310. The van der Waals surface area contributed by atoms with Crippen molar-refractivity contribution in [1.29, 1.82) is 0 Å². The van der Waals surface area contributed by atoms with E-state index in [0.29, 0.717) is 19.6 Å². The van der Waals surface area contributed by atoms with Crippen molar-refractivity contribution in [3.63, 3.8) is 0 Å². The zero-order valence-corrected chi connectivity index (χ0v) is 15.4. The van der Waals surface area contributed by atoms with E-state index in [-0.39, 0.29) is 12.7 Å². The van der Waals surface area contributed by atoms with Crippen LogP contribution in [0.25, 0.3) is 0 Å². The van der Waals surface area contributed by atoms with Gasteiger partial charge >= 0.3 is 0 Å². The summed E-state index contributed by atoms with van der Waals surface area (Å²) in [5, 5.41) is 6.14. The number of hydrazone groups is 1. The summed E-state index contributed by atoms with van der Waals surface area (Å²) in [7, 11) is 0. The van der Waals surface area contributed by atoms with Gasteiger partial charge in [0, 0.05) is 13.0 Å². The first kappa shape index (κ1) is 17.5. The molecule has 0 spiro atoms. The number of nitrogens with zero attached hydrogens (tertiary/aromatic N) is 3. The Morgan fingerprint density at radius 2 is 1.96 bits per heavy atom. The van der Waals surface area contributed by atoms with Crippen molar-refractivity contribution in [2.24, 2.45) is 5.10 Å². The molecule has 0 saturated carbocycles. The van der Waals surface area contributed by atoms with E-state index in [1.54, 1.807) is 5.01 Å². The summed E-state index contributed by atoms with van der Waals surface area (Å²) in [6.45, 7) is 4.78. The third kappa shape index (κ3) is 3.95. The van der Waals surface area contributed by atoms with E-state index in [1.807, 2.05) is 48.5 Å². The lowest BCUT2D eigenvalue weighted by atomic mass is 10.1. The predicted octanol–water partition coefficient (Wildman–Crippen LogP) is 2.87. The summed E-state index contributed by atoms with van der Waals surface area (Å²) in [6.07, 6.45) is 0.796. The van der Waals surface area contributed by atoms with Gasteiger partial charge in [-0.2, -0.15) is 5.10 Å². The Morgan fingerprint density at radius 3 is 2.78 bits per heavy atom. The largest absolute Gasteiger partial charge is 0.454 e. The molecule has 0 aliphatic carbocycles. The molecule has 2 aromatic rings. The molecule has 6 heteroatoms. The molecule has 0 bridgehead atoms. The molecule has 0 atom stereocenters. The van der Waals surface area contributed by atoms with E-state index in [9.17, 15) is 4.79 Å². The minimum Gasteiger partial charge on any atom is -0.454 e. The van der Waals surface area contributed by atoms with Crippen molar-refractivity contribution in [2.45, 2.75) is 19.9 Å². The average molecular weight is 365 g/mol. The van der Waals surface area contributed by atoms with Crippen LogP contribution in [0.5, 0.6) is 11.5 Å². The molecule has 0 radical (unpaired) electrons. The van der Waals surface area contributed by atoms with Crippen LogP contribution >= 0.6 is 0 Å². The maximum atomic E-state index is 12.7. The van der Waals surface area contributed by atoms with E-state index >= 15 is 0 Å². The van der Waals surface area contributed by atoms with Gasteiger partial charge in [-0.1, -0.05) is 43.3 Å². The normalized spacial score (nSPS) is 15.3. The van der Waals surface area contributed by atoms with E-state index < -0.39 is 0 Å². The number of amides is 1. The van der Waals surface area contributed by atoms with E-state index in [4.69, 9.17) is 9.47 Å². The fourth-order valence-electron chi connectivity index (χ4n) is 3.32. The van der Waals surface area contributed by atoms with E-state index in [2.05, 4.69) is 16.9 Å². The maximum absolute atomic E-state index is 12.7. The van der Waals surface area contributed by atoms with Gasteiger partial charge in [0.25, 0.3) is 5.91 Å². The van der Waals surface area contributed by atoms with E-state index in [0.717, 1.165) is 41.3 Å². The van der Waals surface area contributed by atoms with Crippen molar-refractivity contribution < 1.29 is 14.3 Å². The lowest BCUT2D eigenvalue weighted by Crippen LogP contribution is -2.36. The predicted molar refractivity (Wildman–Crippen MR) is 103 cm³/mol. The molecule has 1 amide bonds. The molecular weight excluding hydrogens is 342 g/mol. The van der Waals surface area contributed by atoms with Gasteiger partial charge in [0.2, 0.25) is 6.79 Å². The van der Waals surface area contributed by atoms with Gasteiger partial charge in [-0.25, -0.2) is 5.01 Å². The summed E-state index contributed by atoms with van der Waals surface area (Å²) < 4.78 is 10.8. The fraction of sp³-hybridized carbons (Fsp3) is 0.333. The van der Waals surface area contributed by atoms with Crippen molar-refractivity contribution in [2.75, 3.05) is 26.4 Å². The van der Waals surface area contributed by atoms with Gasteiger partial charge in [-0.15, -0.1) is 0 Å². The average Bonchev–Trinajstić information content (AvgIpc) is 3.37. The number of hydrogen-bond donors (Lipinski definition) is 0. The number of fused-ring (bicyclic) bond motifs is 1. The van der Waals surface area contributed by atoms with Gasteiger partial charge in [-0.3, -0.25) is 9.69 Å². The number of carbonyl (C=O) groups is 1. The van der Waals surface area contributed by atoms with Crippen LogP contribution < -0.4 is 9.47 Å². The zero-order valence-electron chi connectivity index (χ0n) is 15.4. The standard InChI is InChI=1S/C21H23N3O3/c1-2-23(13-16-8-9-19-20(12-16)27-15-26-19)14-21(25)24-11-10-18(22-24)17-6-4-3-5-7-17/h3-9,12H,2,10-11,13-15H2,1H3. The Morgan fingerprint density at radius 1 is 1.15 bits per heavy atom. The molecule has 27 heavy (non-hydrogen) atoms. The maximum Gasteiger partial charge on any atom is 0.256 e. The second-order valence-electron chi connectivity index (χ2n) is 6.67. The molecule has 0 fully saturated rings. The molecule has 0 unspecified atom stereocenters. The quantitative estimate of drug-likeness (QED) is 0.790. The summed E-state index contributed by atoms with van der Waals surface area (Å²) in [5.74, 6) is 1.58. The highest BCUT2D eigenvalue weighted by Gasteiger charge is 2.23. The molecule has 140 valence electrons. The molecule has 6 nitrogen and oxygen atoms in total. The molecule has 2 aliphatic rings. The number of benzene rings is 2. The highest BCUT2D eigenvalue weighted by atomic mass is 16.7. The van der Waals surface area contributed by atoms with Crippen LogP contribution in [0.3, 0.4) is 0 Å². The Bertz CT molecular complexity index is 851. The molecular formula is C21H23N3O3. The molecule has 0 saturated heterocycles. The van der Waals surface area contributed by atoms with Crippen molar-refractivity contribution >= 4 is 11.6 Å². The number of hydrogen-bond acceptors (Lipinski definition) is 5.